The Kier molecular flexibility index (Phi) is 5.29. The van der Waals surface area contributed by atoms with E-state index in [1.54, 1.807) is 12.1 Å². The Morgan fingerprint density at radius 2 is 1.45 bits per heavy atom. The standard InChI is InChI=1S/C24H16BrN3O2S/c25-15-11-9-14(10-12-15)20(29)13-21-23(30)26-24(31-21)28-27-22-18-7-3-1-5-16(18)17-6-2-4-8-19(17)22/h1-12,21H,13H2,(H,26,28,30). The number of amides is 1. The molecule has 1 aliphatic heterocycles. The lowest BCUT2D eigenvalue weighted by molar-refractivity contribution is -0.118. The number of rotatable bonds is 4. The first kappa shape index (κ1) is 19.9. The summed E-state index contributed by atoms with van der Waals surface area (Å²) in [7, 11) is 0. The van der Waals surface area contributed by atoms with Gasteiger partial charge in [-0.25, -0.2) is 0 Å². The highest BCUT2D eigenvalue weighted by Gasteiger charge is 2.33. The van der Waals surface area contributed by atoms with Crippen LogP contribution in [0.15, 0.2) is 87.5 Å². The third kappa shape index (κ3) is 3.86. The van der Waals surface area contributed by atoms with E-state index in [0.717, 1.165) is 32.4 Å². The fraction of sp³-hybridized carbons (Fsp3) is 0.0833. The zero-order valence-electron chi connectivity index (χ0n) is 16.2. The van der Waals surface area contributed by atoms with Gasteiger partial charge in [0, 0.05) is 27.6 Å². The molecule has 1 amide bonds. The highest BCUT2D eigenvalue weighted by Crippen LogP contribution is 2.36. The summed E-state index contributed by atoms with van der Waals surface area (Å²) < 4.78 is 0.903. The van der Waals surface area contributed by atoms with Crippen molar-refractivity contribution in [1.29, 1.82) is 0 Å². The van der Waals surface area contributed by atoms with Gasteiger partial charge in [-0.15, -0.1) is 10.2 Å². The highest BCUT2D eigenvalue weighted by molar-refractivity contribution is 9.10. The summed E-state index contributed by atoms with van der Waals surface area (Å²) in [6.45, 7) is 0. The molecule has 2 aliphatic rings. The molecule has 1 atom stereocenters. The second-order valence-corrected chi connectivity index (χ2v) is 9.28. The van der Waals surface area contributed by atoms with Gasteiger partial charge in [-0.2, -0.15) is 0 Å². The molecule has 1 N–H and O–H groups in total. The van der Waals surface area contributed by atoms with Crippen molar-refractivity contribution in [2.75, 3.05) is 0 Å². The molecule has 3 aromatic carbocycles. The molecule has 0 saturated carbocycles. The molecule has 5 rings (SSSR count). The van der Waals surface area contributed by atoms with Gasteiger partial charge in [-0.05, 0) is 23.3 Å². The number of thioether (sulfide) groups is 1. The predicted molar refractivity (Wildman–Crippen MR) is 128 cm³/mol. The first-order valence-electron chi connectivity index (χ1n) is 9.71. The first-order valence-corrected chi connectivity index (χ1v) is 11.4. The summed E-state index contributed by atoms with van der Waals surface area (Å²) in [5, 5.41) is 11.4. The molecule has 1 unspecified atom stereocenters. The number of nitrogens with zero attached hydrogens (tertiary/aromatic N) is 2. The molecule has 0 aromatic heterocycles. The van der Waals surface area contributed by atoms with Crippen LogP contribution in [0.2, 0.25) is 0 Å². The fourth-order valence-corrected chi connectivity index (χ4v) is 4.89. The monoisotopic (exact) mass is 489 g/mol. The highest BCUT2D eigenvalue weighted by atomic mass is 79.9. The molecule has 7 heteroatoms. The summed E-state index contributed by atoms with van der Waals surface area (Å²) in [4.78, 5) is 24.9. The lowest BCUT2D eigenvalue weighted by Gasteiger charge is -2.04. The molecule has 1 saturated heterocycles. The average Bonchev–Trinajstić information content (AvgIpc) is 3.30. The Labute approximate surface area is 191 Å². The Bertz CT molecular complexity index is 1220. The molecule has 1 aliphatic carbocycles. The second kappa shape index (κ2) is 8.24. The fourth-order valence-electron chi connectivity index (χ4n) is 3.71. The van der Waals surface area contributed by atoms with Crippen molar-refractivity contribution in [2.24, 2.45) is 10.2 Å². The smallest absolute Gasteiger partial charge is 0.240 e. The van der Waals surface area contributed by atoms with Crippen LogP contribution in [0.4, 0.5) is 0 Å². The third-order valence-electron chi connectivity index (χ3n) is 5.21. The van der Waals surface area contributed by atoms with Crippen LogP contribution in [0.25, 0.3) is 11.1 Å². The van der Waals surface area contributed by atoms with E-state index in [-0.39, 0.29) is 18.1 Å². The number of carbonyl (C=O) groups excluding carboxylic acids is 2. The first-order chi connectivity index (χ1) is 15.1. The normalized spacial score (nSPS) is 18.0. The molecule has 0 radical (unpaired) electrons. The number of halogens is 1. The summed E-state index contributed by atoms with van der Waals surface area (Å²) in [6.07, 6.45) is 0.111. The van der Waals surface area contributed by atoms with Crippen LogP contribution < -0.4 is 5.32 Å². The van der Waals surface area contributed by atoms with Gasteiger partial charge in [0.15, 0.2) is 11.0 Å². The number of Topliss-reactive ketones (excluding diaryl/α,β-unsaturated/α-hetero) is 1. The van der Waals surface area contributed by atoms with Gasteiger partial charge < -0.3 is 5.32 Å². The molecule has 0 spiro atoms. The minimum absolute atomic E-state index is 0.0774. The molecular formula is C24H16BrN3O2S. The molecule has 31 heavy (non-hydrogen) atoms. The number of carbonyl (C=O) groups is 2. The van der Waals surface area contributed by atoms with Gasteiger partial charge in [0.05, 0.1) is 5.25 Å². The summed E-state index contributed by atoms with van der Waals surface area (Å²) >= 11 is 4.60. The van der Waals surface area contributed by atoms with Crippen molar-refractivity contribution in [3.63, 3.8) is 0 Å². The Hall–Kier alpha value is -3.03. The van der Waals surface area contributed by atoms with Gasteiger partial charge >= 0.3 is 0 Å². The van der Waals surface area contributed by atoms with Crippen LogP contribution in [-0.2, 0) is 4.79 Å². The lowest BCUT2D eigenvalue weighted by Crippen LogP contribution is -2.26. The van der Waals surface area contributed by atoms with Crippen LogP contribution >= 0.6 is 27.7 Å². The minimum Gasteiger partial charge on any atom is -0.303 e. The quantitative estimate of drug-likeness (QED) is 0.322. The summed E-state index contributed by atoms with van der Waals surface area (Å²) in [5.41, 5.74) is 5.65. The number of hydrogen-bond acceptors (Lipinski definition) is 5. The molecular weight excluding hydrogens is 474 g/mol. The second-order valence-electron chi connectivity index (χ2n) is 7.17. The predicted octanol–water partition coefficient (Wildman–Crippen LogP) is 5.04. The molecule has 1 fully saturated rings. The van der Waals surface area contributed by atoms with E-state index in [2.05, 4.69) is 43.6 Å². The zero-order chi connectivity index (χ0) is 21.4. The largest absolute Gasteiger partial charge is 0.303 e. The van der Waals surface area contributed by atoms with E-state index in [4.69, 9.17) is 0 Å². The van der Waals surface area contributed by atoms with E-state index in [1.807, 2.05) is 48.5 Å². The van der Waals surface area contributed by atoms with E-state index >= 15 is 0 Å². The zero-order valence-corrected chi connectivity index (χ0v) is 18.6. The van der Waals surface area contributed by atoms with E-state index in [9.17, 15) is 9.59 Å². The third-order valence-corrected chi connectivity index (χ3v) is 6.81. The van der Waals surface area contributed by atoms with Crippen molar-refractivity contribution >= 4 is 50.3 Å². The Morgan fingerprint density at radius 3 is 2.06 bits per heavy atom. The number of amidine groups is 1. The van der Waals surface area contributed by atoms with Crippen molar-refractivity contribution in [3.05, 3.63) is 94.0 Å². The topological polar surface area (TPSA) is 70.9 Å². The van der Waals surface area contributed by atoms with Gasteiger partial charge in [-0.1, -0.05) is 88.4 Å². The minimum atomic E-state index is -0.516. The van der Waals surface area contributed by atoms with E-state index < -0.39 is 5.25 Å². The number of benzene rings is 3. The van der Waals surface area contributed by atoms with Gasteiger partial charge in [-0.3, -0.25) is 9.59 Å². The van der Waals surface area contributed by atoms with Crippen molar-refractivity contribution in [3.8, 4) is 11.1 Å². The maximum Gasteiger partial charge on any atom is 0.240 e. The van der Waals surface area contributed by atoms with Crippen LogP contribution in [-0.4, -0.2) is 27.8 Å². The van der Waals surface area contributed by atoms with Gasteiger partial charge in [0.25, 0.3) is 0 Å². The number of nitrogens with one attached hydrogen (secondary N) is 1. The van der Waals surface area contributed by atoms with Crippen LogP contribution in [0, 0.1) is 0 Å². The van der Waals surface area contributed by atoms with Crippen LogP contribution in [0.3, 0.4) is 0 Å². The maximum absolute atomic E-state index is 12.5. The number of fused-ring (bicyclic) bond motifs is 3. The molecule has 0 bridgehead atoms. The summed E-state index contributed by atoms with van der Waals surface area (Å²) in [6, 6.07) is 23.3. The molecule has 152 valence electrons. The van der Waals surface area contributed by atoms with Gasteiger partial charge in [0.2, 0.25) is 5.91 Å². The Balaban J connectivity index is 1.37. The van der Waals surface area contributed by atoms with E-state index in [0.29, 0.717) is 10.7 Å². The van der Waals surface area contributed by atoms with Gasteiger partial charge in [0.1, 0.15) is 5.71 Å². The Morgan fingerprint density at radius 1 is 0.871 bits per heavy atom. The van der Waals surface area contributed by atoms with Crippen LogP contribution in [0.5, 0.6) is 0 Å². The average molecular weight is 490 g/mol. The van der Waals surface area contributed by atoms with E-state index in [1.165, 1.54) is 11.8 Å². The number of hydrogen-bond donors (Lipinski definition) is 1. The molecule has 3 aromatic rings. The summed E-state index contributed by atoms with van der Waals surface area (Å²) in [5.74, 6) is -0.298. The molecule has 1 heterocycles. The van der Waals surface area contributed by atoms with Crippen molar-refractivity contribution in [2.45, 2.75) is 11.7 Å². The lowest BCUT2D eigenvalue weighted by atomic mass is 10.1. The molecule has 5 nitrogen and oxygen atoms in total. The SMILES string of the molecule is O=C(CC1SC(=NN=C2c3ccccc3-c3ccccc32)NC1=O)c1ccc(Br)cc1. The van der Waals surface area contributed by atoms with Crippen LogP contribution in [0.1, 0.15) is 27.9 Å². The maximum atomic E-state index is 12.5. The van der Waals surface area contributed by atoms with Crippen molar-refractivity contribution < 1.29 is 9.59 Å². The number of ketones is 1. The van der Waals surface area contributed by atoms with Crippen molar-refractivity contribution in [1.82, 2.24) is 5.32 Å².